The standard InChI is InChI=1S/C26H25ClN2O6/c1-32-15-5-6-16-17(9-15)22-14(11-27)12-29(19(22)10-20(16)30)26(31)18-7-13-8-21(33-2)24(34-3)25(35-4)23(13)28-18/h5-10,14,28,30H,11-12H2,1-4H3/t14-/m1/s1. The highest BCUT2D eigenvalue weighted by Crippen LogP contribution is 2.47. The summed E-state index contributed by atoms with van der Waals surface area (Å²) in [6, 6.07) is 10.6. The zero-order valence-corrected chi connectivity index (χ0v) is 20.5. The highest BCUT2D eigenvalue weighted by Gasteiger charge is 2.36. The van der Waals surface area contributed by atoms with Crippen molar-refractivity contribution in [3.63, 3.8) is 0 Å². The smallest absolute Gasteiger partial charge is 0.274 e. The van der Waals surface area contributed by atoms with Crippen LogP contribution in [0.25, 0.3) is 21.7 Å². The predicted octanol–water partition coefficient (Wildman–Crippen LogP) is 5.04. The second kappa shape index (κ2) is 8.78. The third-order valence-electron chi connectivity index (χ3n) is 6.53. The van der Waals surface area contributed by atoms with Crippen LogP contribution in [-0.4, -0.2) is 56.9 Å². The Hall–Kier alpha value is -3.78. The Morgan fingerprint density at radius 3 is 2.46 bits per heavy atom. The molecule has 3 aromatic carbocycles. The minimum Gasteiger partial charge on any atom is -0.507 e. The largest absolute Gasteiger partial charge is 0.507 e. The second-order valence-electron chi connectivity index (χ2n) is 8.30. The molecule has 0 saturated heterocycles. The molecule has 0 saturated carbocycles. The summed E-state index contributed by atoms with van der Waals surface area (Å²) in [6.45, 7) is 0.382. The summed E-state index contributed by atoms with van der Waals surface area (Å²) in [6.07, 6.45) is 0. The first-order chi connectivity index (χ1) is 16.9. The molecule has 8 nitrogen and oxygen atoms in total. The van der Waals surface area contributed by atoms with Crippen molar-refractivity contribution in [3.8, 4) is 28.7 Å². The molecule has 0 bridgehead atoms. The van der Waals surface area contributed by atoms with Gasteiger partial charge in [0.15, 0.2) is 11.5 Å². The van der Waals surface area contributed by atoms with Gasteiger partial charge in [0, 0.05) is 35.2 Å². The number of carbonyl (C=O) groups is 1. The van der Waals surface area contributed by atoms with E-state index in [1.165, 1.54) is 14.2 Å². The van der Waals surface area contributed by atoms with Crippen molar-refractivity contribution in [3.05, 3.63) is 47.7 Å². The first-order valence-corrected chi connectivity index (χ1v) is 11.5. The number of benzene rings is 3. The fourth-order valence-electron chi connectivity index (χ4n) is 4.90. The van der Waals surface area contributed by atoms with Crippen LogP contribution in [0.3, 0.4) is 0 Å². The van der Waals surface area contributed by atoms with E-state index in [1.54, 1.807) is 43.4 Å². The molecular weight excluding hydrogens is 472 g/mol. The van der Waals surface area contributed by atoms with Crippen LogP contribution < -0.4 is 23.8 Å². The van der Waals surface area contributed by atoms with E-state index in [-0.39, 0.29) is 17.6 Å². The number of carbonyl (C=O) groups excluding carboxylic acids is 1. The van der Waals surface area contributed by atoms with Crippen LogP contribution in [0.2, 0.25) is 0 Å². The van der Waals surface area contributed by atoms with E-state index in [9.17, 15) is 9.90 Å². The van der Waals surface area contributed by atoms with E-state index >= 15 is 0 Å². The summed E-state index contributed by atoms with van der Waals surface area (Å²) >= 11 is 6.35. The highest BCUT2D eigenvalue weighted by molar-refractivity contribution is 6.19. The van der Waals surface area contributed by atoms with Gasteiger partial charge in [-0.15, -0.1) is 11.6 Å². The molecule has 1 atom stereocenters. The number of hydrogen-bond donors (Lipinski definition) is 2. The number of aromatic nitrogens is 1. The Balaban J connectivity index is 1.65. The van der Waals surface area contributed by atoms with E-state index < -0.39 is 0 Å². The number of anilines is 1. The summed E-state index contributed by atoms with van der Waals surface area (Å²) in [5.74, 6) is 2.08. The zero-order valence-electron chi connectivity index (χ0n) is 19.8. The maximum absolute atomic E-state index is 13.8. The van der Waals surface area contributed by atoms with Gasteiger partial charge in [-0.05, 0) is 41.3 Å². The third-order valence-corrected chi connectivity index (χ3v) is 6.90. The van der Waals surface area contributed by atoms with Gasteiger partial charge in [-0.25, -0.2) is 0 Å². The number of aromatic hydroxyl groups is 1. The molecule has 4 aromatic rings. The fourth-order valence-corrected chi connectivity index (χ4v) is 5.16. The number of alkyl halides is 1. The lowest BCUT2D eigenvalue weighted by molar-refractivity contribution is 0.0984. The van der Waals surface area contributed by atoms with Crippen LogP contribution >= 0.6 is 11.6 Å². The van der Waals surface area contributed by atoms with Gasteiger partial charge < -0.3 is 33.9 Å². The molecule has 0 unspecified atom stereocenters. The van der Waals surface area contributed by atoms with E-state index in [2.05, 4.69) is 4.98 Å². The molecule has 5 rings (SSSR count). The lowest BCUT2D eigenvalue weighted by atomic mass is 9.95. The lowest BCUT2D eigenvalue weighted by Gasteiger charge is -2.18. The number of rotatable bonds is 6. The molecule has 9 heteroatoms. The molecule has 0 aliphatic carbocycles. The highest BCUT2D eigenvalue weighted by atomic mass is 35.5. The molecule has 2 N–H and O–H groups in total. The van der Waals surface area contributed by atoms with E-state index in [4.69, 9.17) is 30.5 Å². The normalized spacial score (nSPS) is 14.9. The maximum Gasteiger partial charge on any atom is 0.274 e. The zero-order chi connectivity index (χ0) is 24.9. The number of nitrogens with one attached hydrogen (secondary N) is 1. The number of methoxy groups -OCH3 is 4. The lowest BCUT2D eigenvalue weighted by Crippen LogP contribution is -2.30. The van der Waals surface area contributed by atoms with Crippen LogP contribution in [0.1, 0.15) is 22.0 Å². The Labute approximate surface area is 206 Å². The van der Waals surface area contributed by atoms with Crippen molar-refractivity contribution in [2.45, 2.75) is 5.92 Å². The van der Waals surface area contributed by atoms with Gasteiger partial charge in [0.25, 0.3) is 5.91 Å². The van der Waals surface area contributed by atoms with Gasteiger partial charge in [-0.3, -0.25) is 4.79 Å². The molecule has 35 heavy (non-hydrogen) atoms. The Bertz CT molecular complexity index is 1460. The molecule has 0 fully saturated rings. The number of H-pyrrole nitrogens is 1. The molecule has 1 aliphatic rings. The average Bonchev–Trinajstić information content (AvgIpc) is 3.48. The van der Waals surface area contributed by atoms with Gasteiger partial charge in [0.05, 0.1) is 39.6 Å². The number of hydrogen-bond acceptors (Lipinski definition) is 6. The topological polar surface area (TPSA) is 93.2 Å². The van der Waals surface area contributed by atoms with Crippen LogP contribution in [0.4, 0.5) is 5.69 Å². The van der Waals surface area contributed by atoms with Crippen LogP contribution in [-0.2, 0) is 0 Å². The van der Waals surface area contributed by atoms with Crippen molar-refractivity contribution < 1.29 is 28.8 Å². The van der Waals surface area contributed by atoms with Crippen molar-refractivity contribution in [1.29, 1.82) is 0 Å². The molecular formula is C26H25ClN2O6. The summed E-state index contributed by atoms with van der Waals surface area (Å²) in [5.41, 5.74) is 2.52. The number of halogens is 1. The number of amides is 1. The Morgan fingerprint density at radius 2 is 1.80 bits per heavy atom. The Kier molecular flexibility index (Phi) is 5.76. The quantitative estimate of drug-likeness (QED) is 0.363. The monoisotopic (exact) mass is 496 g/mol. The van der Waals surface area contributed by atoms with Crippen molar-refractivity contribution >= 4 is 44.9 Å². The summed E-state index contributed by atoms with van der Waals surface area (Å²) < 4.78 is 21.9. The average molecular weight is 497 g/mol. The first-order valence-electron chi connectivity index (χ1n) is 11.0. The molecule has 2 heterocycles. The third kappa shape index (κ3) is 3.47. The van der Waals surface area contributed by atoms with Crippen LogP contribution in [0.5, 0.6) is 28.7 Å². The van der Waals surface area contributed by atoms with E-state index in [0.717, 1.165) is 16.3 Å². The fraction of sp³-hybridized carbons (Fsp3) is 0.269. The number of aromatic amines is 1. The molecule has 1 amide bonds. The van der Waals surface area contributed by atoms with Gasteiger partial charge in [0.2, 0.25) is 5.75 Å². The van der Waals surface area contributed by atoms with E-state index in [0.29, 0.717) is 57.7 Å². The number of fused-ring (bicyclic) bond motifs is 4. The Morgan fingerprint density at radius 1 is 1.03 bits per heavy atom. The van der Waals surface area contributed by atoms with Gasteiger partial charge in [-0.1, -0.05) is 0 Å². The molecule has 1 aliphatic heterocycles. The van der Waals surface area contributed by atoms with Crippen molar-refractivity contribution in [2.24, 2.45) is 0 Å². The van der Waals surface area contributed by atoms with Crippen molar-refractivity contribution in [2.75, 3.05) is 45.8 Å². The molecule has 0 spiro atoms. The number of nitrogens with zero attached hydrogens (tertiary/aromatic N) is 1. The number of phenols is 1. The molecule has 182 valence electrons. The summed E-state index contributed by atoms with van der Waals surface area (Å²) in [4.78, 5) is 18.6. The van der Waals surface area contributed by atoms with Crippen molar-refractivity contribution in [1.82, 2.24) is 4.98 Å². The first kappa shape index (κ1) is 23.0. The van der Waals surface area contributed by atoms with Gasteiger partial charge in [-0.2, -0.15) is 0 Å². The van der Waals surface area contributed by atoms with Crippen LogP contribution in [0.15, 0.2) is 36.4 Å². The maximum atomic E-state index is 13.8. The van der Waals surface area contributed by atoms with Crippen LogP contribution in [0, 0.1) is 0 Å². The molecule has 1 aromatic heterocycles. The van der Waals surface area contributed by atoms with Gasteiger partial charge >= 0.3 is 0 Å². The van der Waals surface area contributed by atoms with E-state index in [1.807, 2.05) is 12.1 Å². The minimum absolute atomic E-state index is 0.0854. The SMILES string of the molecule is COc1ccc2c(O)cc3c(c2c1)[C@H](CCl)CN3C(=O)c1cc2cc(OC)c(OC)c(OC)c2[nH]1. The number of phenolic OH excluding ortho intramolecular Hbond substituents is 1. The molecule has 0 radical (unpaired) electrons. The van der Waals surface area contributed by atoms with Gasteiger partial charge in [0.1, 0.15) is 17.2 Å². The predicted molar refractivity (Wildman–Crippen MR) is 135 cm³/mol. The number of ether oxygens (including phenoxy) is 4. The minimum atomic E-state index is -0.253. The second-order valence-corrected chi connectivity index (χ2v) is 8.61. The summed E-state index contributed by atoms with van der Waals surface area (Å²) in [5, 5.41) is 13.0. The summed E-state index contributed by atoms with van der Waals surface area (Å²) in [7, 11) is 6.19.